The molecule has 1 fully saturated rings. The van der Waals surface area contributed by atoms with Crippen molar-refractivity contribution in [1.29, 1.82) is 5.26 Å². The zero-order valence-corrected chi connectivity index (χ0v) is 11.8. The molecule has 1 aliphatic rings. The van der Waals surface area contributed by atoms with E-state index in [9.17, 15) is 13.2 Å². The van der Waals surface area contributed by atoms with Gasteiger partial charge >= 0.3 is 5.97 Å². The molecule has 1 rings (SSSR count). The van der Waals surface area contributed by atoms with Crippen LogP contribution in [0.1, 0.15) is 45.4 Å². The summed E-state index contributed by atoms with van der Waals surface area (Å²) in [4.78, 5) is 11.2. The van der Waals surface area contributed by atoms with E-state index >= 15 is 0 Å². The Labute approximate surface area is 113 Å². The Hall–Kier alpha value is -1.13. The molecule has 1 saturated carbocycles. The number of hydrogen-bond acceptors (Lipinski definition) is 4. The second kappa shape index (κ2) is 6.87. The molecule has 0 amide bonds. The smallest absolute Gasteiger partial charge is 0.321 e. The van der Waals surface area contributed by atoms with E-state index in [0.29, 0.717) is 6.42 Å². The number of nitrogens with one attached hydrogen (secondary N) is 1. The number of rotatable bonds is 6. The number of carbonyl (C=O) groups is 1. The average Bonchev–Trinajstić information content (AvgIpc) is 2.37. The zero-order valence-electron chi connectivity index (χ0n) is 11.0. The minimum Gasteiger partial charge on any atom is -0.480 e. The number of hydrogen-bond donors (Lipinski definition) is 2. The van der Waals surface area contributed by atoms with Gasteiger partial charge in [-0.1, -0.05) is 32.1 Å². The summed E-state index contributed by atoms with van der Waals surface area (Å²) < 4.78 is 25.6. The molecule has 0 aromatic carbocycles. The molecule has 0 aromatic rings. The third kappa shape index (κ3) is 4.80. The van der Waals surface area contributed by atoms with Gasteiger partial charge in [0, 0.05) is 0 Å². The standard InChI is InChI=1S/C12H20N2O4S/c1-9(8-13)19(17,18)14-11(12(15)16)7-10-5-3-2-4-6-10/h9-11,14H,2-7H2,1H3,(H,15,16). The fourth-order valence-corrected chi connectivity index (χ4v) is 3.26. The number of carboxylic acids is 1. The quantitative estimate of drug-likeness (QED) is 0.764. The summed E-state index contributed by atoms with van der Waals surface area (Å²) in [5.74, 6) is -0.936. The van der Waals surface area contributed by atoms with Gasteiger partial charge in [-0.3, -0.25) is 4.79 Å². The maximum absolute atomic E-state index is 11.7. The minimum absolute atomic E-state index is 0.245. The summed E-state index contributed by atoms with van der Waals surface area (Å²) in [5.41, 5.74) is 0. The van der Waals surface area contributed by atoms with Gasteiger partial charge in [-0.2, -0.15) is 9.98 Å². The molecule has 0 bridgehead atoms. The lowest BCUT2D eigenvalue weighted by atomic mass is 9.85. The molecule has 0 saturated heterocycles. The Morgan fingerprint density at radius 2 is 2.00 bits per heavy atom. The molecule has 2 atom stereocenters. The van der Waals surface area contributed by atoms with E-state index in [-0.39, 0.29) is 5.92 Å². The first-order valence-electron chi connectivity index (χ1n) is 6.50. The summed E-state index contributed by atoms with van der Waals surface area (Å²) in [6.45, 7) is 1.24. The van der Waals surface area contributed by atoms with Gasteiger partial charge < -0.3 is 5.11 Å². The number of aliphatic carboxylic acids is 1. The molecule has 0 heterocycles. The summed E-state index contributed by atoms with van der Waals surface area (Å²) >= 11 is 0. The summed E-state index contributed by atoms with van der Waals surface area (Å²) in [6.07, 6.45) is 5.48. The predicted octanol–water partition coefficient (Wildman–Crippen LogP) is 1.24. The molecule has 0 spiro atoms. The van der Waals surface area contributed by atoms with Gasteiger partial charge in [0.25, 0.3) is 0 Å². The van der Waals surface area contributed by atoms with Crippen LogP contribution in [-0.2, 0) is 14.8 Å². The molecule has 6 nitrogen and oxygen atoms in total. The fourth-order valence-electron chi connectivity index (χ4n) is 2.33. The monoisotopic (exact) mass is 288 g/mol. The van der Waals surface area contributed by atoms with Crippen molar-refractivity contribution in [3.8, 4) is 6.07 Å². The highest BCUT2D eigenvalue weighted by Gasteiger charge is 2.30. The largest absolute Gasteiger partial charge is 0.480 e. The highest BCUT2D eigenvalue weighted by Crippen LogP contribution is 2.27. The molecule has 7 heteroatoms. The van der Waals surface area contributed by atoms with Gasteiger partial charge in [-0.25, -0.2) is 8.42 Å². The maximum atomic E-state index is 11.7. The van der Waals surface area contributed by atoms with Crippen LogP contribution in [0.4, 0.5) is 0 Å². The molecular formula is C12H20N2O4S. The van der Waals surface area contributed by atoms with E-state index in [1.54, 1.807) is 6.07 Å². The molecule has 2 unspecified atom stereocenters. The Morgan fingerprint density at radius 3 is 2.47 bits per heavy atom. The highest BCUT2D eigenvalue weighted by molar-refractivity contribution is 7.90. The van der Waals surface area contributed by atoms with Gasteiger partial charge in [0.05, 0.1) is 6.07 Å². The number of nitriles is 1. The van der Waals surface area contributed by atoms with E-state index in [0.717, 1.165) is 32.1 Å². The topological polar surface area (TPSA) is 107 Å². The van der Waals surface area contributed by atoms with Gasteiger partial charge in [-0.05, 0) is 19.3 Å². The van der Waals surface area contributed by atoms with Crippen LogP contribution in [0.3, 0.4) is 0 Å². The third-order valence-corrected chi connectivity index (χ3v) is 5.20. The summed E-state index contributed by atoms with van der Waals surface area (Å²) in [5, 5.41) is 16.5. The van der Waals surface area contributed by atoms with Gasteiger partial charge in [0.1, 0.15) is 6.04 Å². The van der Waals surface area contributed by atoms with Gasteiger partial charge in [-0.15, -0.1) is 0 Å². The van der Waals surface area contributed by atoms with Crippen LogP contribution in [0.2, 0.25) is 0 Å². The first-order valence-corrected chi connectivity index (χ1v) is 8.05. The van der Waals surface area contributed by atoms with E-state index < -0.39 is 27.3 Å². The van der Waals surface area contributed by atoms with Crippen molar-refractivity contribution in [2.45, 2.75) is 56.7 Å². The molecule has 19 heavy (non-hydrogen) atoms. The molecule has 0 aromatic heterocycles. The molecule has 0 radical (unpaired) electrons. The Balaban J connectivity index is 2.68. The van der Waals surface area contributed by atoms with Gasteiger partial charge in [0.15, 0.2) is 5.25 Å². The predicted molar refractivity (Wildman–Crippen MR) is 69.7 cm³/mol. The second-order valence-corrected chi connectivity index (χ2v) is 7.10. The lowest BCUT2D eigenvalue weighted by Gasteiger charge is -2.25. The number of nitrogens with zero attached hydrogens (tertiary/aromatic N) is 1. The minimum atomic E-state index is -3.90. The lowest BCUT2D eigenvalue weighted by molar-refractivity contribution is -0.139. The number of carboxylic acid groups (broad SMARTS) is 1. The average molecular weight is 288 g/mol. The Kier molecular flexibility index (Phi) is 5.76. The SMILES string of the molecule is CC(C#N)S(=O)(=O)NC(CC1CCCCC1)C(=O)O. The molecule has 108 valence electrons. The van der Waals surface area contributed by atoms with Crippen molar-refractivity contribution >= 4 is 16.0 Å². The molecule has 0 aliphatic heterocycles. The van der Waals surface area contributed by atoms with E-state index in [1.807, 2.05) is 0 Å². The maximum Gasteiger partial charge on any atom is 0.321 e. The van der Waals surface area contributed by atoms with Crippen molar-refractivity contribution in [1.82, 2.24) is 4.72 Å². The summed E-state index contributed by atoms with van der Waals surface area (Å²) in [7, 11) is -3.90. The normalized spacial score (nSPS) is 20.4. The lowest BCUT2D eigenvalue weighted by Crippen LogP contribution is -2.45. The van der Waals surface area contributed by atoms with Crippen LogP contribution in [0.25, 0.3) is 0 Å². The first-order chi connectivity index (χ1) is 8.86. The van der Waals surface area contributed by atoms with Crippen molar-refractivity contribution in [3.05, 3.63) is 0 Å². The third-order valence-electron chi connectivity index (χ3n) is 3.55. The zero-order chi connectivity index (χ0) is 14.5. The van der Waals surface area contributed by atoms with Crippen molar-refractivity contribution < 1.29 is 18.3 Å². The first kappa shape index (κ1) is 15.9. The highest BCUT2D eigenvalue weighted by atomic mass is 32.2. The van der Waals surface area contributed by atoms with Crippen molar-refractivity contribution in [2.75, 3.05) is 0 Å². The van der Waals surface area contributed by atoms with Gasteiger partial charge in [0.2, 0.25) is 10.0 Å². The Morgan fingerprint density at radius 1 is 1.42 bits per heavy atom. The van der Waals surface area contributed by atoms with Crippen LogP contribution >= 0.6 is 0 Å². The van der Waals surface area contributed by atoms with E-state index in [4.69, 9.17) is 10.4 Å². The van der Waals surface area contributed by atoms with E-state index in [2.05, 4.69) is 4.72 Å². The van der Waals surface area contributed by atoms with E-state index in [1.165, 1.54) is 6.92 Å². The van der Waals surface area contributed by atoms with Crippen molar-refractivity contribution in [3.63, 3.8) is 0 Å². The van der Waals surface area contributed by atoms with Crippen LogP contribution < -0.4 is 4.72 Å². The van der Waals surface area contributed by atoms with Crippen LogP contribution in [0.15, 0.2) is 0 Å². The van der Waals surface area contributed by atoms with Crippen LogP contribution in [0.5, 0.6) is 0 Å². The number of sulfonamides is 1. The molecule has 2 N–H and O–H groups in total. The summed E-state index contributed by atoms with van der Waals surface area (Å²) in [6, 6.07) is 0.474. The van der Waals surface area contributed by atoms with Crippen LogP contribution in [-0.4, -0.2) is 30.8 Å². The Bertz CT molecular complexity index is 449. The second-order valence-electron chi connectivity index (χ2n) is 5.06. The fraction of sp³-hybridized carbons (Fsp3) is 0.833. The molecular weight excluding hydrogens is 268 g/mol. The van der Waals surface area contributed by atoms with Crippen molar-refractivity contribution in [2.24, 2.45) is 5.92 Å². The van der Waals surface area contributed by atoms with Crippen LogP contribution in [0, 0.1) is 17.2 Å². The molecule has 1 aliphatic carbocycles.